The van der Waals surface area contributed by atoms with Crippen LogP contribution in [0.4, 0.5) is 5.69 Å². The lowest BCUT2D eigenvalue weighted by Crippen LogP contribution is -2.43. The molecule has 2 aromatic rings. The Labute approximate surface area is 160 Å². The van der Waals surface area contributed by atoms with Crippen LogP contribution in [-0.4, -0.2) is 29.3 Å². The smallest absolute Gasteiger partial charge is 0.302 e. The van der Waals surface area contributed by atoms with Crippen molar-refractivity contribution < 1.29 is 8.42 Å². The number of aromatic nitrogens is 2. The van der Waals surface area contributed by atoms with Gasteiger partial charge in [0.1, 0.15) is 0 Å². The van der Waals surface area contributed by atoms with E-state index in [1.54, 1.807) is 30.0 Å². The van der Waals surface area contributed by atoms with Gasteiger partial charge in [-0.15, -0.1) is 11.8 Å². The van der Waals surface area contributed by atoms with E-state index in [1.807, 2.05) is 6.92 Å². The summed E-state index contributed by atoms with van der Waals surface area (Å²) in [6, 6.07) is 5.08. The molecule has 1 aliphatic heterocycles. The molecule has 26 heavy (non-hydrogen) atoms. The molecule has 1 atom stereocenters. The van der Waals surface area contributed by atoms with Crippen molar-refractivity contribution in [2.45, 2.75) is 28.4 Å². The van der Waals surface area contributed by atoms with Crippen LogP contribution in [0.25, 0.3) is 0 Å². The maximum absolute atomic E-state index is 13.3. The number of benzene rings is 1. The number of hydrogen-bond donors (Lipinski definition) is 0. The second kappa shape index (κ2) is 6.79. The first-order valence-electron chi connectivity index (χ1n) is 7.88. The number of halogens is 1. The summed E-state index contributed by atoms with van der Waals surface area (Å²) >= 11 is 7.65. The van der Waals surface area contributed by atoms with Gasteiger partial charge in [0.25, 0.3) is 15.6 Å². The standard InChI is InChI=1S/C16H18ClN3O4S2/c1-10-6-7-20(12-8-11(17)4-5-13(12)25-10)26(23,24)14-9-18(2)16(22)19(3)15(14)21/h4-5,8-10H,6-7H2,1-3H3. The molecule has 0 aliphatic carbocycles. The number of sulfonamides is 1. The van der Waals surface area contributed by atoms with Gasteiger partial charge in [-0.2, -0.15) is 0 Å². The first-order chi connectivity index (χ1) is 12.1. The van der Waals surface area contributed by atoms with E-state index in [2.05, 4.69) is 0 Å². The zero-order valence-corrected chi connectivity index (χ0v) is 16.9. The molecule has 2 heterocycles. The molecule has 140 valence electrons. The van der Waals surface area contributed by atoms with E-state index in [1.165, 1.54) is 18.4 Å². The molecule has 1 aromatic heterocycles. The number of thioether (sulfide) groups is 1. The molecular formula is C16H18ClN3O4S2. The molecule has 1 aromatic carbocycles. The average Bonchev–Trinajstić information content (AvgIpc) is 2.74. The molecule has 7 nitrogen and oxygen atoms in total. The maximum Gasteiger partial charge on any atom is 0.330 e. The minimum absolute atomic E-state index is 0.207. The molecule has 0 spiro atoms. The highest BCUT2D eigenvalue weighted by molar-refractivity contribution is 8.00. The van der Waals surface area contributed by atoms with Gasteiger partial charge in [0.05, 0.1) is 5.69 Å². The van der Waals surface area contributed by atoms with Crippen LogP contribution in [0, 0.1) is 0 Å². The van der Waals surface area contributed by atoms with Gasteiger partial charge in [0.2, 0.25) is 0 Å². The van der Waals surface area contributed by atoms with Crippen molar-refractivity contribution in [3.05, 3.63) is 50.3 Å². The third kappa shape index (κ3) is 3.19. The Morgan fingerprint density at radius 3 is 2.62 bits per heavy atom. The van der Waals surface area contributed by atoms with Crippen LogP contribution in [0.2, 0.25) is 5.02 Å². The lowest BCUT2D eigenvalue weighted by molar-refractivity contribution is 0.578. The number of hydrogen-bond acceptors (Lipinski definition) is 5. The summed E-state index contributed by atoms with van der Waals surface area (Å²) in [4.78, 5) is 24.7. The van der Waals surface area contributed by atoms with Crippen LogP contribution in [0.3, 0.4) is 0 Å². The minimum atomic E-state index is -4.16. The summed E-state index contributed by atoms with van der Waals surface area (Å²) in [5.41, 5.74) is -0.984. The van der Waals surface area contributed by atoms with Crippen molar-refractivity contribution in [3.8, 4) is 0 Å². The summed E-state index contributed by atoms with van der Waals surface area (Å²) in [5.74, 6) is 0. The van der Waals surface area contributed by atoms with Crippen molar-refractivity contribution in [1.29, 1.82) is 0 Å². The predicted molar refractivity (Wildman–Crippen MR) is 103 cm³/mol. The molecule has 0 bridgehead atoms. The lowest BCUT2D eigenvalue weighted by Gasteiger charge is -2.24. The molecule has 10 heteroatoms. The Bertz CT molecular complexity index is 1090. The Balaban J connectivity index is 2.25. The van der Waals surface area contributed by atoms with Crippen molar-refractivity contribution in [2.24, 2.45) is 14.1 Å². The van der Waals surface area contributed by atoms with Gasteiger partial charge < -0.3 is 4.57 Å². The van der Waals surface area contributed by atoms with Gasteiger partial charge in [-0.3, -0.25) is 13.7 Å². The van der Waals surface area contributed by atoms with E-state index in [-0.39, 0.29) is 11.8 Å². The molecule has 0 saturated heterocycles. The third-order valence-electron chi connectivity index (χ3n) is 4.24. The fraction of sp³-hybridized carbons (Fsp3) is 0.375. The summed E-state index contributed by atoms with van der Waals surface area (Å²) in [7, 11) is -1.50. The third-order valence-corrected chi connectivity index (χ3v) is 7.51. The number of nitrogens with zero attached hydrogens (tertiary/aromatic N) is 3. The largest absolute Gasteiger partial charge is 0.330 e. The van der Waals surface area contributed by atoms with Crippen LogP contribution >= 0.6 is 23.4 Å². The SMILES string of the molecule is CC1CCN(S(=O)(=O)c2cn(C)c(=O)n(C)c2=O)c2cc(Cl)ccc2S1. The summed E-state index contributed by atoms with van der Waals surface area (Å²) in [6.45, 7) is 2.24. The van der Waals surface area contributed by atoms with Gasteiger partial charge in [0, 0.05) is 42.0 Å². The first-order valence-corrected chi connectivity index (χ1v) is 10.6. The quantitative estimate of drug-likeness (QED) is 0.747. The van der Waals surface area contributed by atoms with E-state index in [0.717, 1.165) is 20.2 Å². The van der Waals surface area contributed by atoms with Gasteiger partial charge in [0.15, 0.2) is 4.90 Å². The highest BCUT2D eigenvalue weighted by Crippen LogP contribution is 2.40. The number of fused-ring (bicyclic) bond motifs is 1. The molecule has 0 saturated carbocycles. The van der Waals surface area contributed by atoms with Gasteiger partial charge in [-0.25, -0.2) is 13.2 Å². The summed E-state index contributed by atoms with van der Waals surface area (Å²) in [6.07, 6.45) is 1.69. The Kier molecular flexibility index (Phi) is 4.98. The second-order valence-corrected chi connectivity index (χ2v) is 9.90. The van der Waals surface area contributed by atoms with Crippen LogP contribution in [0.5, 0.6) is 0 Å². The molecule has 1 aliphatic rings. The van der Waals surface area contributed by atoms with E-state index in [0.29, 0.717) is 17.1 Å². The monoisotopic (exact) mass is 415 g/mol. The topological polar surface area (TPSA) is 81.4 Å². The Hall–Kier alpha value is -1.71. The van der Waals surface area contributed by atoms with Crippen LogP contribution in [0.15, 0.2) is 43.8 Å². The number of anilines is 1. The second-order valence-electron chi connectivity index (χ2n) is 6.16. The molecular weight excluding hydrogens is 398 g/mol. The van der Waals surface area contributed by atoms with E-state index < -0.39 is 26.2 Å². The summed E-state index contributed by atoms with van der Waals surface area (Å²) in [5, 5.41) is 0.616. The summed E-state index contributed by atoms with van der Waals surface area (Å²) < 4.78 is 29.7. The lowest BCUT2D eigenvalue weighted by atomic mass is 10.3. The average molecular weight is 416 g/mol. The van der Waals surface area contributed by atoms with Gasteiger partial charge in [-0.05, 0) is 24.6 Å². The molecule has 0 amide bonds. The highest BCUT2D eigenvalue weighted by Gasteiger charge is 2.33. The minimum Gasteiger partial charge on any atom is -0.302 e. The Morgan fingerprint density at radius 2 is 1.92 bits per heavy atom. The predicted octanol–water partition coefficient (Wildman–Crippen LogP) is 1.82. The van der Waals surface area contributed by atoms with E-state index in [9.17, 15) is 18.0 Å². The fourth-order valence-electron chi connectivity index (χ4n) is 2.80. The zero-order valence-electron chi connectivity index (χ0n) is 14.5. The van der Waals surface area contributed by atoms with Crippen LogP contribution < -0.4 is 15.6 Å². The molecule has 3 rings (SSSR count). The van der Waals surface area contributed by atoms with Crippen molar-refractivity contribution >= 4 is 39.1 Å². The van der Waals surface area contributed by atoms with Crippen molar-refractivity contribution in [2.75, 3.05) is 10.8 Å². The normalized spacial score (nSPS) is 17.7. The maximum atomic E-state index is 13.3. The van der Waals surface area contributed by atoms with E-state index >= 15 is 0 Å². The van der Waals surface area contributed by atoms with Crippen molar-refractivity contribution in [1.82, 2.24) is 9.13 Å². The van der Waals surface area contributed by atoms with Gasteiger partial charge >= 0.3 is 5.69 Å². The van der Waals surface area contributed by atoms with E-state index in [4.69, 9.17) is 11.6 Å². The van der Waals surface area contributed by atoms with Crippen LogP contribution in [-0.2, 0) is 24.1 Å². The number of rotatable bonds is 2. The highest BCUT2D eigenvalue weighted by atomic mass is 35.5. The van der Waals surface area contributed by atoms with Crippen molar-refractivity contribution in [3.63, 3.8) is 0 Å². The molecule has 0 fully saturated rings. The zero-order chi connectivity index (χ0) is 19.2. The van der Waals surface area contributed by atoms with Gasteiger partial charge in [-0.1, -0.05) is 18.5 Å². The Morgan fingerprint density at radius 1 is 1.23 bits per heavy atom. The first kappa shape index (κ1) is 19.1. The van der Waals surface area contributed by atoms with Crippen LogP contribution in [0.1, 0.15) is 13.3 Å². The fourth-order valence-corrected chi connectivity index (χ4v) is 5.76. The molecule has 0 N–H and O–H groups in total. The molecule has 1 unspecified atom stereocenters. The number of aryl methyl sites for hydroxylation is 1. The molecule has 0 radical (unpaired) electrons.